The maximum Gasteiger partial charge on any atom is 0.404 e. The van der Waals surface area contributed by atoms with Gasteiger partial charge in [-0.15, -0.1) is 0 Å². The molecular formula is C15H16BrN5O4. The van der Waals surface area contributed by atoms with Gasteiger partial charge in [-0.1, -0.05) is 0 Å². The van der Waals surface area contributed by atoms with Gasteiger partial charge < -0.3 is 20.7 Å². The van der Waals surface area contributed by atoms with Crippen LogP contribution in [-0.2, 0) is 9.59 Å². The normalized spacial score (nSPS) is 11.7. The van der Waals surface area contributed by atoms with Crippen molar-refractivity contribution in [3.05, 3.63) is 44.5 Å². The summed E-state index contributed by atoms with van der Waals surface area (Å²) >= 11 is 3.12. The SMILES string of the molecule is CC(=O)Nc1ccc(NC(=O)[C@@H](C)n2nc([N+](=O)[O-])c(Br)c2C)cc1. The zero-order valence-electron chi connectivity index (χ0n) is 13.7. The van der Waals surface area contributed by atoms with Gasteiger partial charge in [-0.25, -0.2) is 0 Å². The molecule has 2 N–H and O–H groups in total. The van der Waals surface area contributed by atoms with Crippen LogP contribution >= 0.6 is 15.9 Å². The van der Waals surface area contributed by atoms with Crippen LogP contribution in [0.3, 0.4) is 0 Å². The molecule has 10 heteroatoms. The number of carbonyl (C=O) groups is 2. The average molecular weight is 410 g/mol. The molecule has 9 nitrogen and oxygen atoms in total. The first kappa shape index (κ1) is 18.6. The van der Waals surface area contributed by atoms with E-state index in [2.05, 4.69) is 31.7 Å². The Morgan fingerprint density at radius 3 is 2.20 bits per heavy atom. The number of rotatable bonds is 5. The summed E-state index contributed by atoms with van der Waals surface area (Å²) in [4.78, 5) is 33.7. The molecule has 0 radical (unpaired) electrons. The summed E-state index contributed by atoms with van der Waals surface area (Å²) in [6.45, 7) is 4.63. The number of nitrogens with one attached hydrogen (secondary N) is 2. The maximum atomic E-state index is 12.4. The van der Waals surface area contributed by atoms with Crippen molar-refractivity contribution in [1.29, 1.82) is 0 Å². The van der Waals surface area contributed by atoms with Crippen molar-refractivity contribution in [1.82, 2.24) is 9.78 Å². The lowest BCUT2D eigenvalue weighted by Gasteiger charge is -2.12. The number of carbonyl (C=O) groups excluding carboxylic acids is 2. The van der Waals surface area contributed by atoms with Gasteiger partial charge in [0.05, 0.1) is 10.8 Å². The third-order valence-corrected chi connectivity index (χ3v) is 4.38. The minimum Gasteiger partial charge on any atom is -0.358 e. The van der Waals surface area contributed by atoms with E-state index in [0.717, 1.165) is 0 Å². The van der Waals surface area contributed by atoms with Gasteiger partial charge in [-0.3, -0.25) is 9.59 Å². The standard InChI is InChI=1S/C15H16BrN5O4/c1-8-13(16)14(21(24)25)19-20(8)9(2)15(23)18-12-6-4-11(5-7-12)17-10(3)22/h4-7,9H,1-3H3,(H,17,22)(H,18,23)/t9-/m1/s1. The first-order valence-corrected chi connectivity index (χ1v) is 8.07. The van der Waals surface area contributed by atoms with Crippen molar-refractivity contribution in [3.8, 4) is 0 Å². The highest BCUT2D eigenvalue weighted by atomic mass is 79.9. The predicted octanol–water partition coefficient (Wildman–Crippen LogP) is 3.02. The Morgan fingerprint density at radius 2 is 1.76 bits per heavy atom. The molecule has 1 aromatic carbocycles. The fourth-order valence-electron chi connectivity index (χ4n) is 2.17. The van der Waals surface area contributed by atoms with Crippen molar-refractivity contribution >= 4 is 44.9 Å². The molecule has 0 fully saturated rings. The van der Waals surface area contributed by atoms with Crippen LogP contribution in [0.25, 0.3) is 0 Å². The molecule has 1 aromatic heterocycles. The number of amides is 2. The van der Waals surface area contributed by atoms with E-state index < -0.39 is 11.0 Å². The third-order valence-electron chi connectivity index (χ3n) is 3.45. The fraction of sp³-hybridized carbons (Fsp3) is 0.267. The Hall–Kier alpha value is -2.75. The van der Waals surface area contributed by atoms with Gasteiger partial charge in [-0.2, -0.15) is 4.68 Å². The molecule has 0 aliphatic rings. The molecule has 0 spiro atoms. The number of hydrogen-bond acceptors (Lipinski definition) is 5. The Balaban J connectivity index is 2.14. The smallest absolute Gasteiger partial charge is 0.358 e. The van der Waals surface area contributed by atoms with E-state index in [4.69, 9.17) is 0 Å². The van der Waals surface area contributed by atoms with E-state index in [1.54, 1.807) is 38.1 Å². The lowest BCUT2D eigenvalue weighted by Crippen LogP contribution is -2.25. The van der Waals surface area contributed by atoms with Crippen LogP contribution in [0.4, 0.5) is 17.2 Å². The van der Waals surface area contributed by atoms with Crippen LogP contribution in [0.15, 0.2) is 28.7 Å². The van der Waals surface area contributed by atoms with Crippen molar-refractivity contribution in [3.63, 3.8) is 0 Å². The Kier molecular flexibility index (Phi) is 5.52. The number of benzene rings is 1. The van der Waals surface area contributed by atoms with E-state index >= 15 is 0 Å². The van der Waals surface area contributed by atoms with Gasteiger partial charge in [0.25, 0.3) is 5.91 Å². The summed E-state index contributed by atoms with van der Waals surface area (Å²) in [6.07, 6.45) is 0. The monoisotopic (exact) mass is 409 g/mol. The second-order valence-electron chi connectivity index (χ2n) is 5.35. The molecule has 132 valence electrons. The van der Waals surface area contributed by atoms with Gasteiger partial charge >= 0.3 is 5.82 Å². The van der Waals surface area contributed by atoms with Crippen LogP contribution in [0.1, 0.15) is 25.6 Å². The topological polar surface area (TPSA) is 119 Å². The van der Waals surface area contributed by atoms with Crippen molar-refractivity contribution < 1.29 is 14.5 Å². The molecule has 0 aliphatic heterocycles. The molecule has 2 amide bonds. The zero-order chi connectivity index (χ0) is 18.7. The van der Waals surface area contributed by atoms with E-state index in [-0.39, 0.29) is 22.1 Å². The molecule has 0 saturated heterocycles. The Morgan fingerprint density at radius 1 is 1.24 bits per heavy atom. The molecule has 0 aliphatic carbocycles. The second-order valence-corrected chi connectivity index (χ2v) is 6.14. The first-order valence-electron chi connectivity index (χ1n) is 7.28. The van der Waals surface area contributed by atoms with Gasteiger partial charge in [0.1, 0.15) is 10.5 Å². The minimum absolute atomic E-state index is 0.188. The quantitative estimate of drug-likeness (QED) is 0.580. The van der Waals surface area contributed by atoms with Crippen LogP contribution in [0.5, 0.6) is 0 Å². The summed E-state index contributed by atoms with van der Waals surface area (Å²) in [7, 11) is 0. The molecule has 0 bridgehead atoms. The lowest BCUT2D eigenvalue weighted by molar-refractivity contribution is -0.390. The summed E-state index contributed by atoms with van der Waals surface area (Å²) in [5.41, 5.74) is 1.63. The van der Waals surface area contributed by atoms with Gasteiger partial charge in [-0.05, 0) is 59.0 Å². The largest absolute Gasteiger partial charge is 0.404 e. The van der Waals surface area contributed by atoms with Crippen molar-refractivity contribution in [2.45, 2.75) is 26.8 Å². The first-order chi connectivity index (χ1) is 11.7. The van der Waals surface area contributed by atoms with Crippen LogP contribution < -0.4 is 10.6 Å². The highest BCUT2D eigenvalue weighted by molar-refractivity contribution is 9.10. The second kappa shape index (κ2) is 7.43. The summed E-state index contributed by atoms with van der Waals surface area (Å²) in [5, 5.41) is 20.2. The number of anilines is 2. The highest BCUT2D eigenvalue weighted by Crippen LogP contribution is 2.29. The average Bonchev–Trinajstić information content (AvgIpc) is 2.84. The van der Waals surface area contributed by atoms with E-state index in [9.17, 15) is 19.7 Å². The van der Waals surface area contributed by atoms with E-state index in [0.29, 0.717) is 17.1 Å². The number of halogens is 1. The predicted molar refractivity (Wildman–Crippen MR) is 95.4 cm³/mol. The molecule has 0 unspecified atom stereocenters. The molecule has 2 aromatic rings. The fourth-order valence-corrected chi connectivity index (χ4v) is 2.58. The highest BCUT2D eigenvalue weighted by Gasteiger charge is 2.29. The Labute approximate surface area is 151 Å². The van der Waals surface area contributed by atoms with Gasteiger partial charge in [0, 0.05) is 18.3 Å². The number of aromatic nitrogens is 2. The number of nitrogens with zero attached hydrogens (tertiary/aromatic N) is 3. The minimum atomic E-state index is -0.750. The summed E-state index contributed by atoms with van der Waals surface area (Å²) < 4.78 is 1.54. The van der Waals surface area contributed by atoms with Crippen molar-refractivity contribution in [2.75, 3.05) is 10.6 Å². The molecule has 1 atom stereocenters. The van der Waals surface area contributed by atoms with E-state index in [1.165, 1.54) is 11.6 Å². The molecule has 0 saturated carbocycles. The van der Waals surface area contributed by atoms with Gasteiger partial charge in [0.2, 0.25) is 5.91 Å². The molecule has 1 heterocycles. The van der Waals surface area contributed by atoms with Crippen molar-refractivity contribution in [2.24, 2.45) is 0 Å². The third kappa shape index (κ3) is 4.21. The maximum absolute atomic E-state index is 12.4. The number of hydrogen-bond donors (Lipinski definition) is 2. The zero-order valence-corrected chi connectivity index (χ0v) is 15.3. The van der Waals surface area contributed by atoms with Gasteiger partial charge in [0.15, 0.2) is 0 Å². The van der Waals surface area contributed by atoms with E-state index in [1.807, 2.05) is 0 Å². The Bertz CT molecular complexity index is 831. The summed E-state index contributed by atoms with van der Waals surface area (Å²) in [5.74, 6) is -0.899. The number of nitro groups is 1. The molecule has 2 rings (SSSR count). The molecular weight excluding hydrogens is 394 g/mol. The molecule has 25 heavy (non-hydrogen) atoms. The van der Waals surface area contributed by atoms with Crippen LogP contribution in [-0.4, -0.2) is 26.5 Å². The lowest BCUT2D eigenvalue weighted by atomic mass is 10.2. The van der Waals surface area contributed by atoms with Crippen LogP contribution in [0, 0.1) is 17.0 Å². The van der Waals surface area contributed by atoms with Crippen LogP contribution in [0.2, 0.25) is 0 Å². The summed E-state index contributed by atoms with van der Waals surface area (Å²) in [6, 6.07) is 5.85.